The Hall–Kier alpha value is -2.20. The van der Waals surface area contributed by atoms with E-state index in [4.69, 9.17) is 26.4 Å². The molecule has 0 radical (unpaired) electrons. The highest BCUT2D eigenvalue weighted by Gasteiger charge is 2.38. The Bertz CT molecular complexity index is 711. The Morgan fingerprint density at radius 3 is 2.35 bits per heavy atom. The van der Waals surface area contributed by atoms with E-state index < -0.39 is 30.3 Å². The molecule has 0 aromatic carbocycles. The van der Waals surface area contributed by atoms with Gasteiger partial charge in [-0.3, -0.25) is 10.1 Å². The lowest BCUT2D eigenvalue weighted by atomic mass is 9.87. The number of amides is 2. The molecule has 3 atom stereocenters. The highest BCUT2D eigenvalue weighted by atomic mass is 32.1. The van der Waals surface area contributed by atoms with Crippen molar-refractivity contribution >= 4 is 35.3 Å². The third-order valence-corrected chi connectivity index (χ3v) is 5.74. The summed E-state index contributed by atoms with van der Waals surface area (Å²) in [6, 6.07) is -1.02. The number of carbonyl (C=O) groups excluding carboxylic acids is 3. The van der Waals surface area contributed by atoms with Gasteiger partial charge < -0.3 is 24.8 Å². The number of alkyl carbamates (subject to hydrolysis) is 1. The van der Waals surface area contributed by atoms with Crippen LogP contribution in [0.1, 0.15) is 79.6 Å². The minimum atomic E-state index is -0.646. The van der Waals surface area contributed by atoms with Crippen LogP contribution in [0.15, 0.2) is 11.6 Å². The van der Waals surface area contributed by atoms with Crippen molar-refractivity contribution in [2.75, 3.05) is 13.2 Å². The van der Waals surface area contributed by atoms with Gasteiger partial charge in [0.2, 0.25) is 5.91 Å². The number of carbonyl (C=O) groups is 3. The molecule has 0 spiro atoms. The third-order valence-electron chi connectivity index (χ3n) is 5.52. The molecule has 9 nitrogen and oxygen atoms in total. The molecule has 1 rings (SSSR count). The van der Waals surface area contributed by atoms with Crippen molar-refractivity contribution in [3.63, 3.8) is 0 Å². The number of ether oxygens (including phenoxy) is 3. The van der Waals surface area contributed by atoms with Crippen molar-refractivity contribution in [3.05, 3.63) is 11.6 Å². The maximum absolute atomic E-state index is 12.5. The van der Waals surface area contributed by atoms with Gasteiger partial charge in [0, 0.05) is 18.9 Å². The maximum Gasteiger partial charge on any atom is 0.413 e. The summed E-state index contributed by atoms with van der Waals surface area (Å²) in [6.07, 6.45) is 6.22. The van der Waals surface area contributed by atoms with Crippen LogP contribution in [-0.4, -0.2) is 60.6 Å². The molecule has 2 amide bonds. The van der Waals surface area contributed by atoms with Gasteiger partial charge in [-0.25, -0.2) is 9.59 Å². The van der Waals surface area contributed by atoms with E-state index in [1.54, 1.807) is 13.0 Å². The fraction of sp³-hybridized carbons (Fsp3) is 0.750. The lowest BCUT2D eigenvalue weighted by Crippen LogP contribution is -2.61. The number of nitrogens with one attached hydrogen (secondary N) is 3. The van der Waals surface area contributed by atoms with Gasteiger partial charge in [-0.05, 0) is 44.5 Å². The lowest BCUT2D eigenvalue weighted by Gasteiger charge is -2.39. The van der Waals surface area contributed by atoms with Crippen molar-refractivity contribution in [2.24, 2.45) is 0 Å². The zero-order valence-corrected chi connectivity index (χ0v) is 21.9. The van der Waals surface area contributed by atoms with Crippen LogP contribution in [0.25, 0.3) is 0 Å². The molecular formula is C24H41N3O6S. The van der Waals surface area contributed by atoms with E-state index >= 15 is 0 Å². The Morgan fingerprint density at radius 2 is 1.76 bits per heavy atom. The molecule has 0 unspecified atom stereocenters. The maximum atomic E-state index is 12.5. The Balaban J connectivity index is 2.95. The third kappa shape index (κ3) is 10.8. The van der Waals surface area contributed by atoms with E-state index in [0.29, 0.717) is 12.2 Å². The molecule has 0 bridgehead atoms. The first-order valence-electron chi connectivity index (χ1n) is 12.3. The molecule has 0 heterocycles. The number of rotatable bonds is 13. The Labute approximate surface area is 208 Å². The van der Waals surface area contributed by atoms with Crippen LogP contribution < -0.4 is 16.0 Å². The first kappa shape index (κ1) is 29.8. The molecular weight excluding hydrogens is 458 g/mol. The monoisotopic (exact) mass is 499 g/mol. The summed E-state index contributed by atoms with van der Waals surface area (Å²) < 4.78 is 16.6. The van der Waals surface area contributed by atoms with Gasteiger partial charge in [-0.1, -0.05) is 40.0 Å². The average molecular weight is 500 g/mol. The summed E-state index contributed by atoms with van der Waals surface area (Å²) in [6.45, 7) is 9.86. The van der Waals surface area contributed by atoms with Crippen LogP contribution in [0.5, 0.6) is 0 Å². The topological polar surface area (TPSA) is 115 Å². The number of esters is 1. The quantitative estimate of drug-likeness (QED) is 0.200. The summed E-state index contributed by atoms with van der Waals surface area (Å²) in [7, 11) is 0. The molecule has 0 saturated carbocycles. The van der Waals surface area contributed by atoms with Gasteiger partial charge in [-0.2, -0.15) is 0 Å². The van der Waals surface area contributed by atoms with Crippen LogP contribution in [0.3, 0.4) is 0 Å². The molecule has 10 heteroatoms. The number of unbranched alkanes of at least 4 members (excludes halogenated alkanes) is 3. The zero-order chi connectivity index (χ0) is 25.5. The minimum absolute atomic E-state index is 0.0466. The molecule has 0 aromatic heterocycles. The van der Waals surface area contributed by atoms with E-state index in [1.165, 1.54) is 6.92 Å². The summed E-state index contributed by atoms with van der Waals surface area (Å²) in [4.78, 5) is 36.6. The molecule has 0 aliphatic heterocycles. The van der Waals surface area contributed by atoms with E-state index in [0.717, 1.165) is 38.5 Å². The van der Waals surface area contributed by atoms with Crippen molar-refractivity contribution < 1.29 is 28.6 Å². The van der Waals surface area contributed by atoms with Crippen LogP contribution >= 0.6 is 12.2 Å². The minimum Gasteiger partial charge on any atom is -0.463 e. The van der Waals surface area contributed by atoms with Crippen molar-refractivity contribution in [2.45, 2.75) is 104 Å². The fourth-order valence-electron chi connectivity index (χ4n) is 3.75. The largest absolute Gasteiger partial charge is 0.463 e. The van der Waals surface area contributed by atoms with E-state index in [1.807, 2.05) is 13.8 Å². The van der Waals surface area contributed by atoms with Crippen LogP contribution in [-0.2, 0) is 23.8 Å². The first-order valence-corrected chi connectivity index (χ1v) is 12.7. The number of hydrogen-bond acceptors (Lipinski definition) is 7. The molecule has 194 valence electrons. The molecule has 1 aliphatic carbocycles. The van der Waals surface area contributed by atoms with E-state index in [9.17, 15) is 14.4 Å². The lowest BCUT2D eigenvalue weighted by molar-refractivity contribution is -0.139. The molecule has 0 aromatic rings. The van der Waals surface area contributed by atoms with Gasteiger partial charge in [0.05, 0.1) is 37.5 Å². The molecule has 1 aliphatic rings. The van der Waals surface area contributed by atoms with Gasteiger partial charge in [-0.15, -0.1) is 0 Å². The standard InChI is InChI=1S/C24H41N3O6S/c1-6-10-11-12-13-32-24(30)27-23(34)26-19-14-17(22(29)31-9-4)15-20(21(19)25-16(5)28)33-18(7-2)8-3/h15,18-21H,6-14H2,1-5H3,(H,25,28)(H2,26,27,30,34)/t19-,20+,21+/m0/s1. The number of hydrogen-bond donors (Lipinski definition) is 3. The predicted molar refractivity (Wildman–Crippen MR) is 134 cm³/mol. The van der Waals surface area contributed by atoms with Crippen LogP contribution in [0, 0.1) is 0 Å². The predicted octanol–water partition coefficient (Wildman–Crippen LogP) is 3.51. The van der Waals surface area contributed by atoms with Crippen LogP contribution in [0.2, 0.25) is 0 Å². The second kappa shape index (κ2) is 16.4. The summed E-state index contributed by atoms with van der Waals surface area (Å²) in [5, 5.41) is 8.53. The number of thiocarbonyl (C=S) groups is 1. The van der Waals surface area contributed by atoms with Crippen molar-refractivity contribution in [1.29, 1.82) is 0 Å². The Morgan fingerprint density at radius 1 is 1.06 bits per heavy atom. The van der Waals surface area contributed by atoms with Crippen molar-refractivity contribution in [3.8, 4) is 0 Å². The second-order valence-corrected chi connectivity index (χ2v) is 8.69. The molecule has 34 heavy (non-hydrogen) atoms. The van der Waals surface area contributed by atoms with Gasteiger partial charge in [0.1, 0.15) is 0 Å². The van der Waals surface area contributed by atoms with Gasteiger partial charge >= 0.3 is 12.1 Å². The average Bonchev–Trinajstić information content (AvgIpc) is 2.78. The summed E-state index contributed by atoms with van der Waals surface area (Å²) in [5.41, 5.74) is 0.429. The second-order valence-electron chi connectivity index (χ2n) is 8.28. The van der Waals surface area contributed by atoms with E-state index in [2.05, 4.69) is 22.9 Å². The van der Waals surface area contributed by atoms with Gasteiger partial charge in [0.25, 0.3) is 0 Å². The first-order chi connectivity index (χ1) is 16.2. The zero-order valence-electron chi connectivity index (χ0n) is 21.1. The summed E-state index contributed by atoms with van der Waals surface area (Å²) in [5.74, 6) is -0.688. The molecule has 3 N–H and O–H groups in total. The summed E-state index contributed by atoms with van der Waals surface area (Å²) >= 11 is 5.31. The highest BCUT2D eigenvalue weighted by molar-refractivity contribution is 7.80. The highest BCUT2D eigenvalue weighted by Crippen LogP contribution is 2.25. The van der Waals surface area contributed by atoms with Crippen LogP contribution in [0.4, 0.5) is 4.79 Å². The van der Waals surface area contributed by atoms with Gasteiger partial charge in [0.15, 0.2) is 5.11 Å². The smallest absolute Gasteiger partial charge is 0.413 e. The molecule has 0 fully saturated rings. The van der Waals surface area contributed by atoms with Crippen molar-refractivity contribution in [1.82, 2.24) is 16.0 Å². The Kier molecular flexibility index (Phi) is 14.4. The normalized spacial score (nSPS) is 19.7. The molecule has 0 saturated heterocycles. The fourth-order valence-corrected chi connectivity index (χ4v) is 3.99. The SMILES string of the molecule is CCCCCCOC(=O)NC(=S)N[C@H]1CC(C(=O)OCC)=C[C@@H](OC(CC)CC)[C@@H]1NC(C)=O. The van der Waals surface area contributed by atoms with E-state index in [-0.39, 0.29) is 30.2 Å².